The summed E-state index contributed by atoms with van der Waals surface area (Å²) in [6.07, 6.45) is 2.00. The van der Waals surface area contributed by atoms with Crippen LogP contribution in [0.4, 0.5) is 10.1 Å². The number of carbonyl (C=O) groups is 1. The molecule has 0 aliphatic carbocycles. The Hall–Kier alpha value is -1.82. The van der Waals surface area contributed by atoms with Gasteiger partial charge in [0.25, 0.3) is 0 Å². The Bertz CT molecular complexity index is 538. The zero-order chi connectivity index (χ0) is 15.5. The molecule has 120 valence electrons. The number of piperazine rings is 1. The molecular formula is C16H22FN3O2. The Morgan fingerprint density at radius 2 is 2.09 bits per heavy atom. The number of methoxy groups -OCH3 is 1. The van der Waals surface area contributed by atoms with Gasteiger partial charge in [0.2, 0.25) is 5.91 Å². The summed E-state index contributed by atoms with van der Waals surface area (Å²) in [7, 11) is 1.46. The van der Waals surface area contributed by atoms with Crippen LogP contribution in [-0.4, -0.2) is 56.7 Å². The highest BCUT2D eigenvalue weighted by molar-refractivity contribution is 5.82. The lowest BCUT2D eigenvalue weighted by molar-refractivity contribution is -0.133. The number of ether oxygens (including phenoxy) is 1. The lowest BCUT2D eigenvalue weighted by atomic mass is 10.1. The number of halogens is 1. The molecule has 6 heteroatoms. The van der Waals surface area contributed by atoms with Gasteiger partial charge in [-0.1, -0.05) is 0 Å². The zero-order valence-electron chi connectivity index (χ0n) is 12.8. The van der Waals surface area contributed by atoms with Crippen molar-refractivity contribution in [1.82, 2.24) is 10.2 Å². The summed E-state index contributed by atoms with van der Waals surface area (Å²) in [5.41, 5.74) is 0.837. The van der Waals surface area contributed by atoms with E-state index in [1.165, 1.54) is 13.2 Å². The van der Waals surface area contributed by atoms with Gasteiger partial charge < -0.3 is 19.9 Å². The maximum Gasteiger partial charge on any atom is 0.239 e. The Balaban J connectivity index is 1.59. The molecule has 1 atom stereocenters. The van der Waals surface area contributed by atoms with Crippen molar-refractivity contribution in [3.63, 3.8) is 0 Å². The molecule has 22 heavy (non-hydrogen) atoms. The average Bonchev–Trinajstić information content (AvgIpc) is 3.09. The van der Waals surface area contributed by atoms with E-state index in [0.717, 1.165) is 38.2 Å². The van der Waals surface area contributed by atoms with Gasteiger partial charge in [-0.05, 0) is 31.5 Å². The maximum atomic E-state index is 13.8. The van der Waals surface area contributed by atoms with Crippen molar-refractivity contribution < 1.29 is 13.9 Å². The van der Waals surface area contributed by atoms with E-state index in [-0.39, 0.29) is 23.5 Å². The molecule has 2 aliphatic rings. The molecule has 1 aromatic rings. The van der Waals surface area contributed by atoms with Crippen LogP contribution in [0.2, 0.25) is 0 Å². The number of nitrogens with zero attached hydrogens (tertiary/aromatic N) is 2. The van der Waals surface area contributed by atoms with Gasteiger partial charge in [-0.2, -0.15) is 0 Å². The van der Waals surface area contributed by atoms with Gasteiger partial charge in [-0.3, -0.25) is 4.79 Å². The molecule has 2 saturated heterocycles. The number of amides is 1. The molecule has 1 N–H and O–H groups in total. The molecule has 3 rings (SSSR count). The number of benzene rings is 1. The standard InChI is InChI=1S/C16H22FN3O2/c1-22-15-5-4-12(11-13(15)17)19-7-9-20(10-8-19)16(21)14-3-2-6-18-14/h4-5,11,14,18H,2-3,6-10H2,1H3/t14-/m0/s1. The molecule has 0 saturated carbocycles. The van der Waals surface area contributed by atoms with Gasteiger partial charge in [-0.25, -0.2) is 4.39 Å². The SMILES string of the molecule is COc1ccc(N2CCN(C(=O)[C@@H]3CCCN3)CC2)cc1F. The molecule has 1 aromatic carbocycles. The lowest BCUT2D eigenvalue weighted by Gasteiger charge is -2.37. The van der Waals surface area contributed by atoms with Crippen molar-refractivity contribution in [2.45, 2.75) is 18.9 Å². The molecule has 2 aliphatic heterocycles. The number of hydrogen-bond donors (Lipinski definition) is 1. The highest BCUT2D eigenvalue weighted by Gasteiger charge is 2.29. The summed E-state index contributed by atoms with van der Waals surface area (Å²) in [6.45, 7) is 3.76. The second kappa shape index (κ2) is 6.52. The number of rotatable bonds is 3. The summed E-state index contributed by atoms with van der Waals surface area (Å²) in [5.74, 6) is 0.108. The third-order valence-electron chi connectivity index (χ3n) is 4.45. The molecule has 2 heterocycles. The largest absolute Gasteiger partial charge is 0.494 e. The number of hydrogen-bond acceptors (Lipinski definition) is 4. The number of nitrogens with one attached hydrogen (secondary N) is 1. The van der Waals surface area contributed by atoms with Gasteiger partial charge in [0.05, 0.1) is 13.2 Å². The van der Waals surface area contributed by atoms with Crippen LogP contribution in [0.5, 0.6) is 5.75 Å². The van der Waals surface area contributed by atoms with Gasteiger partial charge in [0.1, 0.15) is 0 Å². The van der Waals surface area contributed by atoms with Crippen LogP contribution in [0, 0.1) is 5.82 Å². The molecule has 5 nitrogen and oxygen atoms in total. The molecule has 0 unspecified atom stereocenters. The van der Waals surface area contributed by atoms with E-state index in [4.69, 9.17) is 4.74 Å². The number of carbonyl (C=O) groups excluding carboxylic acids is 1. The topological polar surface area (TPSA) is 44.8 Å². The van der Waals surface area contributed by atoms with Crippen LogP contribution in [0.25, 0.3) is 0 Å². The molecular weight excluding hydrogens is 285 g/mol. The predicted octanol–water partition coefficient (Wildman–Crippen LogP) is 1.23. The monoisotopic (exact) mass is 307 g/mol. The first-order chi connectivity index (χ1) is 10.7. The Labute approximate surface area is 130 Å². The summed E-state index contributed by atoms with van der Waals surface area (Å²) >= 11 is 0. The third-order valence-corrected chi connectivity index (χ3v) is 4.45. The zero-order valence-corrected chi connectivity index (χ0v) is 12.8. The lowest BCUT2D eigenvalue weighted by Crippen LogP contribution is -2.53. The van der Waals surface area contributed by atoms with E-state index in [1.807, 2.05) is 11.0 Å². The normalized spacial score (nSPS) is 22.0. The first kappa shape index (κ1) is 15.1. The quantitative estimate of drug-likeness (QED) is 0.912. The number of anilines is 1. The fourth-order valence-corrected chi connectivity index (χ4v) is 3.15. The van der Waals surface area contributed by atoms with Crippen molar-refractivity contribution in [3.05, 3.63) is 24.0 Å². The smallest absolute Gasteiger partial charge is 0.239 e. The van der Waals surface area contributed by atoms with E-state index in [9.17, 15) is 9.18 Å². The molecule has 0 radical (unpaired) electrons. The third kappa shape index (κ3) is 3.02. The van der Waals surface area contributed by atoms with Crippen molar-refractivity contribution in [2.75, 3.05) is 44.7 Å². The summed E-state index contributed by atoms with van der Waals surface area (Å²) in [5, 5.41) is 3.25. The van der Waals surface area contributed by atoms with E-state index in [1.54, 1.807) is 6.07 Å². The van der Waals surface area contributed by atoms with E-state index < -0.39 is 0 Å². The minimum absolute atomic E-state index is 0.00928. The summed E-state index contributed by atoms with van der Waals surface area (Å²) in [4.78, 5) is 16.4. The van der Waals surface area contributed by atoms with Gasteiger partial charge in [0, 0.05) is 37.9 Å². The molecule has 2 fully saturated rings. The molecule has 1 amide bonds. The van der Waals surface area contributed by atoms with Crippen LogP contribution in [0.3, 0.4) is 0 Å². The maximum absolute atomic E-state index is 13.8. The Morgan fingerprint density at radius 1 is 1.32 bits per heavy atom. The van der Waals surface area contributed by atoms with Gasteiger partial charge >= 0.3 is 0 Å². The van der Waals surface area contributed by atoms with Crippen LogP contribution in [-0.2, 0) is 4.79 Å². The van der Waals surface area contributed by atoms with E-state index in [0.29, 0.717) is 13.1 Å². The van der Waals surface area contributed by atoms with E-state index >= 15 is 0 Å². The fraction of sp³-hybridized carbons (Fsp3) is 0.562. The van der Waals surface area contributed by atoms with Crippen molar-refractivity contribution in [1.29, 1.82) is 0 Å². The average molecular weight is 307 g/mol. The minimum atomic E-state index is -0.353. The predicted molar refractivity (Wildman–Crippen MR) is 82.8 cm³/mol. The molecule has 0 spiro atoms. The first-order valence-electron chi connectivity index (χ1n) is 7.79. The Kier molecular flexibility index (Phi) is 4.47. The van der Waals surface area contributed by atoms with Crippen molar-refractivity contribution in [3.8, 4) is 5.75 Å². The second-order valence-electron chi connectivity index (χ2n) is 5.78. The second-order valence-corrected chi connectivity index (χ2v) is 5.78. The molecule has 0 aromatic heterocycles. The van der Waals surface area contributed by atoms with Crippen LogP contribution < -0.4 is 15.0 Å². The highest BCUT2D eigenvalue weighted by atomic mass is 19.1. The molecule has 0 bridgehead atoms. The minimum Gasteiger partial charge on any atom is -0.494 e. The van der Waals surface area contributed by atoms with Crippen LogP contribution >= 0.6 is 0 Å². The van der Waals surface area contributed by atoms with Crippen molar-refractivity contribution >= 4 is 11.6 Å². The van der Waals surface area contributed by atoms with Crippen molar-refractivity contribution in [2.24, 2.45) is 0 Å². The summed E-state index contributed by atoms with van der Waals surface area (Å²) < 4.78 is 18.7. The fourth-order valence-electron chi connectivity index (χ4n) is 3.15. The van der Waals surface area contributed by atoms with E-state index in [2.05, 4.69) is 10.2 Å². The van der Waals surface area contributed by atoms with Crippen LogP contribution in [0.15, 0.2) is 18.2 Å². The first-order valence-corrected chi connectivity index (χ1v) is 7.79. The van der Waals surface area contributed by atoms with Gasteiger partial charge in [0.15, 0.2) is 11.6 Å². The Morgan fingerprint density at radius 3 is 2.68 bits per heavy atom. The highest BCUT2D eigenvalue weighted by Crippen LogP contribution is 2.24. The summed E-state index contributed by atoms with van der Waals surface area (Å²) in [6, 6.07) is 4.99. The van der Waals surface area contributed by atoms with Gasteiger partial charge in [-0.15, -0.1) is 0 Å². The van der Waals surface area contributed by atoms with Crippen LogP contribution in [0.1, 0.15) is 12.8 Å².